The summed E-state index contributed by atoms with van der Waals surface area (Å²) < 4.78 is 0. The first-order valence-electron chi connectivity index (χ1n) is 4.20. The first-order valence-corrected chi connectivity index (χ1v) is 4.20. The second-order valence-corrected chi connectivity index (χ2v) is 2.69. The summed E-state index contributed by atoms with van der Waals surface area (Å²) in [6, 6.07) is 0. The maximum Gasteiger partial charge on any atom is 0.242 e. The average Bonchev–Trinajstić information content (AvgIpc) is 2.61. The molecule has 1 rings (SSSR count). The molecule has 0 atom stereocenters. The summed E-state index contributed by atoms with van der Waals surface area (Å²) in [6.07, 6.45) is 5.01. The molecule has 6 nitrogen and oxygen atoms in total. The van der Waals surface area contributed by atoms with Gasteiger partial charge in [0, 0.05) is 13.0 Å². The van der Waals surface area contributed by atoms with Crippen molar-refractivity contribution in [2.45, 2.75) is 12.8 Å². The Morgan fingerprint density at radius 1 is 1.33 bits per heavy atom. The van der Waals surface area contributed by atoms with E-state index in [2.05, 4.69) is 15.7 Å². The molecule has 1 heterocycles. The maximum absolute atomic E-state index is 11.1. The van der Waals surface area contributed by atoms with Crippen molar-refractivity contribution in [3.8, 4) is 0 Å². The van der Waals surface area contributed by atoms with Gasteiger partial charge in [0.2, 0.25) is 23.9 Å². The zero-order valence-electron chi connectivity index (χ0n) is 7.77. The summed E-state index contributed by atoms with van der Waals surface area (Å²) >= 11 is 0. The molecule has 1 aliphatic rings. The molecular weight excluding hydrogens is 198 g/mol. The van der Waals surface area contributed by atoms with Gasteiger partial charge in [-0.25, -0.2) is 9.59 Å². The van der Waals surface area contributed by atoms with Crippen molar-refractivity contribution in [3.63, 3.8) is 0 Å². The van der Waals surface area contributed by atoms with E-state index < -0.39 is 0 Å². The molecule has 0 aromatic carbocycles. The fourth-order valence-corrected chi connectivity index (χ4v) is 1.12. The van der Waals surface area contributed by atoms with Crippen LogP contribution in [0.1, 0.15) is 12.8 Å². The first kappa shape index (κ1) is 10.8. The van der Waals surface area contributed by atoms with Gasteiger partial charge >= 0.3 is 0 Å². The molecule has 0 aliphatic carbocycles. The van der Waals surface area contributed by atoms with E-state index in [4.69, 9.17) is 0 Å². The molecule has 0 saturated carbocycles. The van der Waals surface area contributed by atoms with Crippen LogP contribution in [0.2, 0.25) is 0 Å². The van der Waals surface area contributed by atoms with Crippen molar-refractivity contribution in [3.05, 3.63) is 17.8 Å². The Morgan fingerprint density at radius 2 is 2.00 bits per heavy atom. The molecule has 0 N–H and O–H groups in total. The first-order chi connectivity index (χ1) is 7.27. The van der Waals surface area contributed by atoms with Gasteiger partial charge in [0.15, 0.2) is 0 Å². The molecule has 1 saturated heterocycles. The Balaban J connectivity index is 2.90. The molecule has 0 unspecified atom stereocenters. The van der Waals surface area contributed by atoms with Gasteiger partial charge in [-0.2, -0.15) is 0 Å². The van der Waals surface area contributed by atoms with Gasteiger partial charge < -0.3 is 4.90 Å². The van der Waals surface area contributed by atoms with Crippen LogP contribution in [-0.4, -0.2) is 29.5 Å². The molecule has 0 spiro atoms. The largest absolute Gasteiger partial charge is 0.312 e. The van der Waals surface area contributed by atoms with Crippen LogP contribution in [0.4, 0.5) is 0 Å². The van der Waals surface area contributed by atoms with Gasteiger partial charge in [-0.05, 0) is 6.42 Å². The Morgan fingerprint density at radius 3 is 2.47 bits per heavy atom. The monoisotopic (exact) mass is 205 g/mol. The van der Waals surface area contributed by atoms with Crippen molar-refractivity contribution in [1.29, 1.82) is 0 Å². The van der Waals surface area contributed by atoms with E-state index in [0.717, 1.165) is 6.42 Å². The van der Waals surface area contributed by atoms with Crippen molar-refractivity contribution < 1.29 is 14.4 Å². The fraction of sp³-hybridized carbons (Fsp3) is 0.333. The van der Waals surface area contributed by atoms with Crippen molar-refractivity contribution in [2.75, 3.05) is 6.54 Å². The molecule has 0 aromatic heterocycles. The van der Waals surface area contributed by atoms with Crippen LogP contribution in [-0.2, 0) is 14.4 Å². The highest BCUT2D eigenvalue weighted by atomic mass is 16.2. The highest BCUT2D eigenvalue weighted by Gasteiger charge is 2.17. The number of likely N-dealkylation sites (tertiary alicyclic amines) is 1. The lowest BCUT2D eigenvalue weighted by atomic mass is 10.4. The van der Waals surface area contributed by atoms with Gasteiger partial charge in [0.1, 0.15) is 0 Å². The number of amides is 1. The van der Waals surface area contributed by atoms with Gasteiger partial charge in [-0.3, -0.25) is 4.79 Å². The van der Waals surface area contributed by atoms with Crippen LogP contribution < -0.4 is 0 Å². The number of nitrogens with zero attached hydrogens (tertiary/aromatic N) is 3. The predicted octanol–water partition coefficient (Wildman–Crippen LogP) is 0.234. The average molecular weight is 205 g/mol. The molecular formula is C9H7N3O3. The Hall–Kier alpha value is -2.25. The molecule has 0 aromatic rings. The topological polar surface area (TPSA) is 79.2 Å². The number of isocyanates is 2. The summed E-state index contributed by atoms with van der Waals surface area (Å²) in [6.45, 7) is 0.592. The van der Waals surface area contributed by atoms with Gasteiger partial charge in [-0.15, -0.1) is 9.98 Å². The smallest absolute Gasteiger partial charge is 0.242 e. The second kappa shape index (κ2) is 5.47. The summed E-state index contributed by atoms with van der Waals surface area (Å²) in [5, 5.41) is 0. The van der Waals surface area contributed by atoms with E-state index in [1.807, 2.05) is 0 Å². The highest BCUT2D eigenvalue weighted by molar-refractivity contribution is 5.79. The lowest BCUT2D eigenvalue weighted by molar-refractivity contribution is -0.125. The van der Waals surface area contributed by atoms with E-state index in [9.17, 15) is 14.4 Å². The van der Waals surface area contributed by atoms with Gasteiger partial charge in [-0.1, -0.05) is 5.73 Å². The van der Waals surface area contributed by atoms with Crippen LogP contribution in [0.15, 0.2) is 27.7 Å². The number of rotatable bonds is 3. The molecule has 15 heavy (non-hydrogen) atoms. The minimum Gasteiger partial charge on any atom is -0.312 e. The number of hydrogen-bond donors (Lipinski definition) is 0. The number of carbonyl (C=O) groups is 1. The van der Waals surface area contributed by atoms with Crippen molar-refractivity contribution >= 4 is 18.1 Å². The van der Waals surface area contributed by atoms with E-state index in [1.165, 1.54) is 23.3 Å². The second-order valence-electron chi connectivity index (χ2n) is 2.69. The van der Waals surface area contributed by atoms with Gasteiger partial charge in [0.05, 0.1) is 6.20 Å². The molecule has 1 aliphatic heterocycles. The van der Waals surface area contributed by atoms with Crippen LogP contribution in [0, 0.1) is 0 Å². The van der Waals surface area contributed by atoms with Crippen LogP contribution >= 0.6 is 0 Å². The number of aliphatic imine (C=N–C) groups is 2. The normalized spacial score (nSPS) is 13.6. The summed E-state index contributed by atoms with van der Waals surface area (Å²) in [7, 11) is 0. The van der Waals surface area contributed by atoms with E-state index in [-0.39, 0.29) is 11.7 Å². The molecule has 1 fully saturated rings. The number of hydrogen-bond acceptors (Lipinski definition) is 5. The number of carbonyl (C=O) groups excluding carboxylic acids is 3. The van der Waals surface area contributed by atoms with E-state index in [0.29, 0.717) is 13.0 Å². The standard InChI is InChI=1S/C9H7N3O3/c13-6-10-8(11-7-14)3-5-12-4-1-2-9(12)15/h5H,1-2,4H2. The summed E-state index contributed by atoms with van der Waals surface area (Å²) in [5.74, 6) is -0.285. The highest BCUT2D eigenvalue weighted by Crippen LogP contribution is 2.09. The van der Waals surface area contributed by atoms with Crippen LogP contribution in [0.3, 0.4) is 0 Å². The van der Waals surface area contributed by atoms with E-state index in [1.54, 1.807) is 0 Å². The molecule has 1 amide bonds. The SMILES string of the molecule is O=C=NC(=C=CN1CCCC1=O)N=C=O. The maximum atomic E-state index is 11.1. The summed E-state index contributed by atoms with van der Waals surface area (Å²) in [5.41, 5.74) is 2.43. The van der Waals surface area contributed by atoms with Gasteiger partial charge in [0.25, 0.3) is 0 Å². The molecule has 0 radical (unpaired) electrons. The molecule has 76 valence electrons. The third kappa shape index (κ3) is 3.18. The third-order valence-corrected chi connectivity index (χ3v) is 1.76. The molecule has 0 bridgehead atoms. The minimum atomic E-state index is -0.250. The van der Waals surface area contributed by atoms with Crippen molar-refractivity contribution in [1.82, 2.24) is 4.90 Å². The third-order valence-electron chi connectivity index (χ3n) is 1.76. The van der Waals surface area contributed by atoms with Crippen LogP contribution in [0.5, 0.6) is 0 Å². The Labute approximate surface area is 85.3 Å². The minimum absolute atomic E-state index is 0.0352. The van der Waals surface area contributed by atoms with E-state index >= 15 is 0 Å². The van der Waals surface area contributed by atoms with Crippen LogP contribution in [0.25, 0.3) is 0 Å². The Bertz CT molecular complexity index is 402. The zero-order chi connectivity index (χ0) is 11.1. The van der Waals surface area contributed by atoms with Crippen molar-refractivity contribution in [2.24, 2.45) is 9.98 Å². The summed E-state index contributed by atoms with van der Waals surface area (Å²) in [4.78, 5) is 38.6. The lowest BCUT2D eigenvalue weighted by Gasteiger charge is -2.05. The quantitative estimate of drug-likeness (QED) is 0.376. The Kier molecular flexibility index (Phi) is 3.95. The lowest BCUT2D eigenvalue weighted by Crippen LogP contribution is -2.16. The predicted molar refractivity (Wildman–Crippen MR) is 48.8 cm³/mol. The zero-order valence-corrected chi connectivity index (χ0v) is 7.77. The molecule has 6 heteroatoms. The fourth-order valence-electron chi connectivity index (χ4n) is 1.12.